The number of hydrogen-bond acceptors (Lipinski definition) is 2. The van der Waals surface area contributed by atoms with Gasteiger partial charge in [-0.05, 0) is 48.7 Å². The molecule has 3 aromatic carbocycles. The summed E-state index contributed by atoms with van der Waals surface area (Å²) < 4.78 is 3.79. The molecule has 0 aliphatic carbocycles. The number of anilines is 1. The van der Waals surface area contributed by atoms with E-state index in [9.17, 15) is 0 Å². The van der Waals surface area contributed by atoms with Crippen molar-refractivity contribution >= 4 is 32.0 Å². The number of nitrogens with zero attached hydrogens (tertiary/aromatic N) is 1. The Labute approximate surface area is 167 Å². The normalized spacial score (nSPS) is 10.9. The predicted octanol–water partition coefficient (Wildman–Crippen LogP) is 6.41. The first-order chi connectivity index (χ1) is 13.2. The highest BCUT2D eigenvalue weighted by Crippen LogP contribution is 2.17. The van der Waals surface area contributed by atoms with Gasteiger partial charge in [0.15, 0.2) is 0 Å². The van der Waals surface area contributed by atoms with E-state index < -0.39 is 14.4 Å². The molecule has 0 saturated carbocycles. The fourth-order valence-electron chi connectivity index (χ4n) is 3.14. The maximum atomic E-state index is 4.66. The molecule has 3 aromatic rings. The molecule has 0 heterocycles. The SMILES string of the molecule is C[CH2][Al]([CH2]Cc1ccccc1C=Nc1ccc(C)cc1)[NH]c1ccccc1. The zero-order valence-electron chi connectivity index (χ0n) is 16.2. The summed E-state index contributed by atoms with van der Waals surface area (Å²) in [5, 5.41) is 2.48. The number of rotatable bonds is 8. The topological polar surface area (TPSA) is 24.4 Å². The molecule has 0 atom stereocenters. The lowest BCUT2D eigenvalue weighted by Crippen LogP contribution is -2.24. The number of hydrogen-bond donors (Lipinski definition) is 1. The van der Waals surface area contributed by atoms with Crippen LogP contribution >= 0.6 is 0 Å². The number of aryl methyl sites for hydroxylation is 2. The lowest BCUT2D eigenvalue weighted by Gasteiger charge is -2.14. The molecule has 1 N–H and O–H groups in total. The number of aliphatic imine (C=N–C) groups is 1. The van der Waals surface area contributed by atoms with Crippen LogP contribution in [-0.4, -0.2) is 20.6 Å². The standard InChI is InChI=1S/C16H16N.C6H6N.C2H5.Al/c1-3-14-6-4-5-7-15(14)12-17-16-10-8-13(2)9-11-16;7-6-4-2-1-3-5-6;1-2;/h4-12H,1,3H2,2H3;1-5,7H;1H2,2H3;/q;-1;;+1. The Morgan fingerprint density at radius 3 is 2.33 bits per heavy atom. The zero-order chi connectivity index (χ0) is 18.9. The second-order valence-electron chi connectivity index (χ2n) is 6.95. The molecule has 0 aliphatic rings. The van der Waals surface area contributed by atoms with E-state index >= 15 is 0 Å². The van der Waals surface area contributed by atoms with Gasteiger partial charge in [-0.3, -0.25) is 4.99 Å². The van der Waals surface area contributed by atoms with Crippen molar-refractivity contribution in [2.75, 3.05) is 4.30 Å². The van der Waals surface area contributed by atoms with Crippen molar-refractivity contribution in [3.63, 3.8) is 0 Å². The summed E-state index contributed by atoms with van der Waals surface area (Å²) in [6.45, 7) is 4.40. The third-order valence-electron chi connectivity index (χ3n) is 4.84. The minimum atomic E-state index is -1.01. The van der Waals surface area contributed by atoms with Crippen LogP contribution in [0.2, 0.25) is 10.6 Å². The molecular formula is C24H27AlN2. The molecule has 0 saturated heterocycles. The van der Waals surface area contributed by atoms with Gasteiger partial charge in [0.25, 0.3) is 0 Å². The van der Waals surface area contributed by atoms with Gasteiger partial charge in [0.1, 0.15) is 0 Å². The minimum Gasteiger partial charge on any atom is -0.476 e. The molecular weight excluding hydrogens is 343 g/mol. The Morgan fingerprint density at radius 1 is 0.889 bits per heavy atom. The fourth-order valence-corrected chi connectivity index (χ4v) is 5.22. The Morgan fingerprint density at radius 2 is 1.59 bits per heavy atom. The van der Waals surface area contributed by atoms with E-state index in [0.29, 0.717) is 0 Å². The van der Waals surface area contributed by atoms with E-state index in [4.69, 9.17) is 0 Å². The van der Waals surface area contributed by atoms with Gasteiger partial charge in [-0.25, -0.2) is 0 Å². The van der Waals surface area contributed by atoms with Gasteiger partial charge in [-0.1, -0.05) is 77.7 Å². The fraction of sp³-hybridized carbons (Fsp3) is 0.208. The smallest absolute Gasteiger partial charge is 0.411 e. The molecule has 0 spiro atoms. The Kier molecular flexibility index (Phi) is 7.28. The maximum absolute atomic E-state index is 4.66. The van der Waals surface area contributed by atoms with Crippen LogP contribution < -0.4 is 4.30 Å². The predicted molar refractivity (Wildman–Crippen MR) is 120 cm³/mol. The summed E-state index contributed by atoms with van der Waals surface area (Å²) >= 11 is -1.01. The first-order valence-corrected chi connectivity index (χ1v) is 12.0. The average molecular weight is 370 g/mol. The van der Waals surface area contributed by atoms with Crippen molar-refractivity contribution in [2.45, 2.75) is 30.8 Å². The van der Waals surface area contributed by atoms with Gasteiger partial charge in [-0.15, -0.1) is 0 Å². The van der Waals surface area contributed by atoms with Gasteiger partial charge in [0, 0.05) is 11.9 Å². The van der Waals surface area contributed by atoms with Crippen molar-refractivity contribution in [1.29, 1.82) is 0 Å². The van der Waals surface area contributed by atoms with E-state index in [1.807, 2.05) is 6.21 Å². The third kappa shape index (κ3) is 6.10. The number of nitrogens with one attached hydrogen (secondary N) is 1. The van der Waals surface area contributed by atoms with E-state index in [1.165, 1.54) is 32.9 Å². The molecule has 3 rings (SSSR count). The average Bonchev–Trinajstić information content (AvgIpc) is 2.72. The molecule has 0 aliphatic heterocycles. The van der Waals surface area contributed by atoms with Gasteiger partial charge in [0.05, 0.1) is 5.69 Å². The van der Waals surface area contributed by atoms with Gasteiger partial charge < -0.3 is 4.30 Å². The zero-order valence-corrected chi connectivity index (χ0v) is 17.4. The highest BCUT2D eigenvalue weighted by atomic mass is 27.2. The second kappa shape index (κ2) is 10.1. The summed E-state index contributed by atoms with van der Waals surface area (Å²) in [6.07, 6.45) is 3.10. The minimum absolute atomic E-state index is 1.00. The van der Waals surface area contributed by atoms with Gasteiger partial charge >= 0.3 is 14.4 Å². The van der Waals surface area contributed by atoms with Crippen LogP contribution in [0.5, 0.6) is 0 Å². The number of benzene rings is 3. The first-order valence-electron chi connectivity index (χ1n) is 9.75. The van der Waals surface area contributed by atoms with Crippen LogP contribution in [0.3, 0.4) is 0 Å². The molecule has 0 amide bonds. The monoisotopic (exact) mass is 370 g/mol. The Bertz CT molecular complexity index is 857. The summed E-state index contributed by atoms with van der Waals surface area (Å²) in [5.74, 6) is 0. The van der Waals surface area contributed by atoms with Crippen molar-refractivity contribution in [1.82, 2.24) is 0 Å². The Balaban J connectivity index is 1.65. The van der Waals surface area contributed by atoms with E-state index in [0.717, 1.165) is 12.1 Å². The van der Waals surface area contributed by atoms with Crippen molar-refractivity contribution in [2.24, 2.45) is 4.99 Å². The molecule has 0 bridgehead atoms. The highest BCUT2D eigenvalue weighted by molar-refractivity contribution is 6.62. The quantitative estimate of drug-likeness (QED) is 0.359. The molecule has 2 nitrogen and oxygen atoms in total. The van der Waals surface area contributed by atoms with Crippen LogP contribution in [0.25, 0.3) is 0 Å². The second-order valence-corrected chi connectivity index (χ2v) is 10.0. The van der Waals surface area contributed by atoms with Crippen molar-refractivity contribution in [3.05, 3.63) is 95.6 Å². The van der Waals surface area contributed by atoms with E-state index in [-0.39, 0.29) is 0 Å². The lowest BCUT2D eigenvalue weighted by molar-refractivity contribution is 1.09. The lowest BCUT2D eigenvalue weighted by atomic mass is 10.1. The molecule has 0 aromatic heterocycles. The van der Waals surface area contributed by atoms with E-state index in [2.05, 4.69) is 102 Å². The molecule has 0 fully saturated rings. The Hall–Kier alpha value is -2.34. The van der Waals surface area contributed by atoms with Crippen molar-refractivity contribution in [3.8, 4) is 0 Å². The summed E-state index contributed by atoms with van der Waals surface area (Å²) in [4.78, 5) is 4.66. The van der Waals surface area contributed by atoms with E-state index in [1.54, 1.807) is 0 Å². The number of para-hydroxylation sites is 1. The third-order valence-corrected chi connectivity index (χ3v) is 7.55. The molecule has 27 heavy (non-hydrogen) atoms. The van der Waals surface area contributed by atoms with Crippen LogP contribution in [0.15, 0.2) is 83.9 Å². The maximum Gasteiger partial charge on any atom is 0.411 e. The summed E-state index contributed by atoms with van der Waals surface area (Å²) in [6, 6.07) is 27.6. The summed E-state index contributed by atoms with van der Waals surface area (Å²) in [5.41, 5.74) is 6.12. The molecule has 3 heteroatoms. The van der Waals surface area contributed by atoms with Crippen LogP contribution in [-0.2, 0) is 6.42 Å². The highest BCUT2D eigenvalue weighted by Gasteiger charge is 2.16. The summed E-state index contributed by atoms with van der Waals surface area (Å²) in [7, 11) is 0. The van der Waals surface area contributed by atoms with Gasteiger partial charge in [0.2, 0.25) is 0 Å². The largest absolute Gasteiger partial charge is 0.476 e. The first kappa shape index (κ1) is 19.4. The molecule has 136 valence electrons. The van der Waals surface area contributed by atoms with Crippen molar-refractivity contribution < 1.29 is 0 Å². The molecule has 0 radical (unpaired) electrons. The molecule has 0 unspecified atom stereocenters. The van der Waals surface area contributed by atoms with Crippen LogP contribution in [0.1, 0.15) is 23.6 Å². The van der Waals surface area contributed by atoms with Crippen LogP contribution in [0, 0.1) is 6.92 Å². The van der Waals surface area contributed by atoms with Gasteiger partial charge in [-0.2, -0.15) is 0 Å². The van der Waals surface area contributed by atoms with Crippen LogP contribution in [0.4, 0.5) is 11.4 Å².